The van der Waals surface area contributed by atoms with Crippen molar-refractivity contribution in [2.75, 3.05) is 0 Å². The van der Waals surface area contributed by atoms with Crippen molar-refractivity contribution in [2.45, 2.75) is 25.6 Å². The van der Waals surface area contributed by atoms with E-state index in [0.29, 0.717) is 6.42 Å². The molecular weight excluding hydrogens is 176 g/mol. The largest absolute Gasteiger partial charge is 0.481 e. The van der Waals surface area contributed by atoms with Crippen molar-refractivity contribution in [3.8, 4) is 0 Å². The van der Waals surface area contributed by atoms with Gasteiger partial charge in [0.1, 0.15) is 0 Å². The number of hydrogen-bond acceptors (Lipinski definition) is 1. The molecule has 3 atom stereocenters. The molecule has 3 unspecified atom stereocenters. The fraction of sp³-hybridized carbons (Fsp3) is 0.667. The fourth-order valence-corrected chi connectivity index (χ4v) is 2.34. The predicted molar refractivity (Wildman–Crippen MR) is 48.3 cm³/mol. The van der Waals surface area contributed by atoms with E-state index in [9.17, 15) is 4.79 Å². The molecule has 0 amide bonds. The number of carboxylic acids is 1. The second kappa shape index (κ2) is 3.48. The Morgan fingerprint density at radius 1 is 1.75 bits per heavy atom. The highest BCUT2D eigenvalue weighted by atomic mass is 35.5. The van der Waals surface area contributed by atoms with Crippen LogP contribution in [0.15, 0.2) is 11.6 Å². The first kappa shape index (κ1) is 9.59. The molecule has 1 aliphatic rings. The molecule has 0 heterocycles. The standard InChI is InChI=1S/C9H13ClO2/c1-5-3-6(2)8(9(11)12)7(10)4-5/h3,6-8H,4H2,1-2H3,(H,11,12). The van der Waals surface area contributed by atoms with Crippen molar-refractivity contribution in [2.24, 2.45) is 11.8 Å². The van der Waals surface area contributed by atoms with E-state index in [1.54, 1.807) is 0 Å². The lowest BCUT2D eigenvalue weighted by molar-refractivity contribution is -0.143. The van der Waals surface area contributed by atoms with Crippen LogP contribution in [0.3, 0.4) is 0 Å². The van der Waals surface area contributed by atoms with E-state index >= 15 is 0 Å². The van der Waals surface area contributed by atoms with E-state index in [4.69, 9.17) is 16.7 Å². The number of hydrogen-bond donors (Lipinski definition) is 1. The van der Waals surface area contributed by atoms with Gasteiger partial charge in [-0.15, -0.1) is 11.6 Å². The van der Waals surface area contributed by atoms with Gasteiger partial charge in [-0.2, -0.15) is 0 Å². The molecule has 1 aliphatic carbocycles. The summed E-state index contributed by atoms with van der Waals surface area (Å²) in [6.07, 6.45) is 2.69. The summed E-state index contributed by atoms with van der Waals surface area (Å²) in [7, 11) is 0. The van der Waals surface area contributed by atoms with Crippen LogP contribution in [0.4, 0.5) is 0 Å². The number of alkyl halides is 1. The Bertz CT molecular complexity index is 223. The minimum Gasteiger partial charge on any atom is -0.481 e. The Hall–Kier alpha value is -0.500. The number of carbonyl (C=O) groups is 1. The lowest BCUT2D eigenvalue weighted by Gasteiger charge is -2.27. The summed E-state index contributed by atoms with van der Waals surface area (Å²) in [5, 5.41) is 8.60. The van der Waals surface area contributed by atoms with E-state index in [0.717, 1.165) is 0 Å². The van der Waals surface area contributed by atoms with E-state index in [1.807, 2.05) is 19.9 Å². The Kier molecular flexibility index (Phi) is 2.78. The topological polar surface area (TPSA) is 37.3 Å². The quantitative estimate of drug-likeness (QED) is 0.507. The zero-order chi connectivity index (χ0) is 9.30. The van der Waals surface area contributed by atoms with Crippen LogP contribution in [-0.4, -0.2) is 16.5 Å². The Balaban J connectivity index is 2.82. The highest BCUT2D eigenvalue weighted by Crippen LogP contribution is 2.32. The number of allylic oxidation sites excluding steroid dienone is 2. The van der Waals surface area contributed by atoms with Gasteiger partial charge in [0.25, 0.3) is 0 Å². The summed E-state index contributed by atoms with van der Waals surface area (Å²) in [5.41, 5.74) is 1.19. The lowest BCUT2D eigenvalue weighted by Crippen LogP contribution is -2.32. The third-order valence-corrected chi connectivity index (χ3v) is 2.73. The molecule has 0 fully saturated rings. The zero-order valence-corrected chi connectivity index (χ0v) is 8.01. The molecule has 68 valence electrons. The molecule has 0 radical (unpaired) electrons. The van der Waals surface area contributed by atoms with Gasteiger partial charge in [-0.1, -0.05) is 18.6 Å². The first-order valence-corrected chi connectivity index (χ1v) is 4.50. The zero-order valence-electron chi connectivity index (χ0n) is 7.25. The maximum Gasteiger partial charge on any atom is 0.308 e. The molecule has 0 spiro atoms. The lowest BCUT2D eigenvalue weighted by atomic mass is 9.82. The van der Waals surface area contributed by atoms with Crippen molar-refractivity contribution in [3.05, 3.63) is 11.6 Å². The normalized spacial score (nSPS) is 35.9. The second-order valence-electron chi connectivity index (χ2n) is 3.46. The summed E-state index contributed by atoms with van der Waals surface area (Å²) in [5.74, 6) is -1.15. The van der Waals surface area contributed by atoms with E-state index in [2.05, 4.69) is 0 Å². The first-order valence-electron chi connectivity index (χ1n) is 4.06. The van der Waals surface area contributed by atoms with Gasteiger partial charge in [0, 0.05) is 0 Å². The maximum absolute atomic E-state index is 10.8. The van der Waals surface area contributed by atoms with E-state index in [-0.39, 0.29) is 11.3 Å². The summed E-state index contributed by atoms with van der Waals surface area (Å²) in [6.45, 7) is 3.89. The van der Waals surface area contributed by atoms with Crippen LogP contribution in [0.2, 0.25) is 0 Å². The molecule has 1 N–H and O–H groups in total. The number of aliphatic carboxylic acids is 1. The molecular formula is C9H13ClO2. The molecule has 0 aromatic heterocycles. The van der Waals surface area contributed by atoms with Gasteiger partial charge in [-0.05, 0) is 19.3 Å². The minimum atomic E-state index is -0.786. The van der Waals surface area contributed by atoms with Crippen molar-refractivity contribution in [1.82, 2.24) is 0 Å². The van der Waals surface area contributed by atoms with Crippen LogP contribution in [0.25, 0.3) is 0 Å². The van der Waals surface area contributed by atoms with Crippen LogP contribution in [0.5, 0.6) is 0 Å². The summed E-state index contributed by atoms with van der Waals surface area (Å²) >= 11 is 5.95. The highest BCUT2D eigenvalue weighted by Gasteiger charge is 2.33. The highest BCUT2D eigenvalue weighted by molar-refractivity contribution is 6.22. The van der Waals surface area contributed by atoms with Gasteiger partial charge in [0.05, 0.1) is 11.3 Å². The molecule has 0 saturated heterocycles. The molecule has 0 aromatic rings. The Labute approximate surface area is 77.2 Å². The summed E-state index contributed by atoms with van der Waals surface area (Å²) in [4.78, 5) is 10.8. The molecule has 0 bridgehead atoms. The van der Waals surface area contributed by atoms with Gasteiger partial charge in [-0.25, -0.2) is 0 Å². The molecule has 0 aromatic carbocycles. The van der Waals surface area contributed by atoms with E-state index < -0.39 is 11.9 Å². The third kappa shape index (κ3) is 1.81. The van der Waals surface area contributed by atoms with Gasteiger partial charge >= 0.3 is 5.97 Å². The Morgan fingerprint density at radius 2 is 2.33 bits per heavy atom. The first-order chi connectivity index (χ1) is 5.52. The maximum atomic E-state index is 10.8. The molecule has 0 aliphatic heterocycles. The molecule has 1 rings (SSSR count). The molecule has 2 nitrogen and oxygen atoms in total. The van der Waals surface area contributed by atoms with Gasteiger partial charge in [-0.3, -0.25) is 4.79 Å². The van der Waals surface area contributed by atoms with Crippen LogP contribution in [0.1, 0.15) is 20.3 Å². The van der Waals surface area contributed by atoms with Crippen molar-refractivity contribution in [3.63, 3.8) is 0 Å². The van der Waals surface area contributed by atoms with Gasteiger partial charge in [0.15, 0.2) is 0 Å². The summed E-state index contributed by atoms with van der Waals surface area (Å²) < 4.78 is 0. The van der Waals surface area contributed by atoms with Crippen LogP contribution >= 0.6 is 11.6 Å². The van der Waals surface area contributed by atoms with Crippen molar-refractivity contribution >= 4 is 17.6 Å². The number of rotatable bonds is 1. The SMILES string of the molecule is CC1=CC(C)C(C(=O)O)C(Cl)C1. The molecule has 12 heavy (non-hydrogen) atoms. The predicted octanol–water partition coefficient (Wildman–Crippen LogP) is 2.28. The minimum absolute atomic E-state index is 0.0544. The van der Waals surface area contributed by atoms with Crippen LogP contribution in [-0.2, 0) is 4.79 Å². The van der Waals surface area contributed by atoms with Crippen molar-refractivity contribution < 1.29 is 9.90 Å². The van der Waals surface area contributed by atoms with Crippen molar-refractivity contribution in [1.29, 1.82) is 0 Å². The van der Waals surface area contributed by atoms with Gasteiger partial charge in [0.2, 0.25) is 0 Å². The van der Waals surface area contributed by atoms with E-state index in [1.165, 1.54) is 5.57 Å². The average Bonchev–Trinajstić information content (AvgIpc) is 1.82. The fourth-order valence-electron chi connectivity index (χ4n) is 1.76. The van der Waals surface area contributed by atoms with Crippen LogP contribution in [0, 0.1) is 11.8 Å². The smallest absolute Gasteiger partial charge is 0.308 e. The monoisotopic (exact) mass is 188 g/mol. The molecule has 3 heteroatoms. The average molecular weight is 189 g/mol. The molecule has 0 saturated carbocycles. The number of halogens is 1. The summed E-state index contributed by atoms with van der Waals surface area (Å²) in [6, 6.07) is 0. The Morgan fingerprint density at radius 3 is 2.75 bits per heavy atom. The second-order valence-corrected chi connectivity index (χ2v) is 4.02. The van der Waals surface area contributed by atoms with Gasteiger partial charge < -0.3 is 5.11 Å². The third-order valence-electron chi connectivity index (χ3n) is 2.31. The van der Waals surface area contributed by atoms with Crippen LogP contribution < -0.4 is 0 Å². The number of carboxylic acid groups (broad SMARTS) is 1.